The van der Waals surface area contributed by atoms with Crippen molar-refractivity contribution < 1.29 is 13.6 Å². The van der Waals surface area contributed by atoms with Gasteiger partial charge >= 0.3 is 0 Å². The third-order valence-corrected chi connectivity index (χ3v) is 4.31. The predicted octanol–water partition coefficient (Wildman–Crippen LogP) is 2.52. The molecule has 0 saturated carbocycles. The van der Waals surface area contributed by atoms with Crippen molar-refractivity contribution in [3.8, 4) is 5.69 Å². The van der Waals surface area contributed by atoms with Crippen LogP contribution in [0.3, 0.4) is 0 Å². The number of rotatable bonds is 5. The van der Waals surface area contributed by atoms with Crippen LogP contribution < -0.4 is 10.9 Å². The molecule has 9 nitrogen and oxygen atoms in total. The van der Waals surface area contributed by atoms with Crippen molar-refractivity contribution in [2.75, 3.05) is 7.05 Å². The molecule has 1 amide bonds. The van der Waals surface area contributed by atoms with E-state index in [1.165, 1.54) is 36.0 Å². The quantitative estimate of drug-likeness (QED) is 0.460. The van der Waals surface area contributed by atoms with Gasteiger partial charge in [-0.3, -0.25) is 14.7 Å². The van der Waals surface area contributed by atoms with E-state index in [0.29, 0.717) is 11.4 Å². The molecule has 3 aromatic rings. The molecule has 1 aromatic heterocycles. The first kappa shape index (κ1) is 18.4. The van der Waals surface area contributed by atoms with Crippen molar-refractivity contribution in [3.05, 3.63) is 70.6 Å². The SMILES string of the molecule is CNC(=O)c1[nH]n(-c2ccccc2)c(=O)c1N=Nc1ccc(S(=O)O)cc1. The Balaban J connectivity index is 2.03. The van der Waals surface area contributed by atoms with Crippen LogP contribution in [0.25, 0.3) is 5.69 Å². The lowest BCUT2D eigenvalue weighted by Gasteiger charge is -2.00. The Morgan fingerprint density at radius 3 is 2.37 bits per heavy atom. The van der Waals surface area contributed by atoms with Crippen molar-refractivity contribution in [1.29, 1.82) is 0 Å². The van der Waals surface area contributed by atoms with Crippen LogP contribution in [0.1, 0.15) is 10.5 Å². The zero-order chi connectivity index (χ0) is 19.4. The molecular weight excluding hydrogens is 370 g/mol. The van der Waals surface area contributed by atoms with Gasteiger partial charge < -0.3 is 9.87 Å². The molecule has 0 bridgehead atoms. The summed E-state index contributed by atoms with van der Waals surface area (Å²) in [6.07, 6.45) is 0. The number of para-hydroxylation sites is 1. The average Bonchev–Trinajstić information content (AvgIpc) is 3.03. The number of nitrogens with zero attached hydrogens (tertiary/aromatic N) is 3. The number of hydrogen-bond acceptors (Lipinski definition) is 5. The molecular formula is C17H15N5O4S. The maximum atomic E-state index is 12.7. The molecule has 2 aromatic carbocycles. The van der Waals surface area contributed by atoms with E-state index in [-0.39, 0.29) is 16.3 Å². The van der Waals surface area contributed by atoms with Gasteiger partial charge in [0.15, 0.2) is 22.5 Å². The van der Waals surface area contributed by atoms with E-state index >= 15 is 0 Å². The maximum Gasteiger partial charge on any atom is 0.299 e. The van der Waals surface area contributed by atoms with E-state index in [9.17, 15) is 13.8 Å². The first-order valence-corrected chi connectivity index (χ1v) is 8.87. The maximum absolute atomic E-state index is 12.7. The number of amides is 1. The lowest BCUT2D eigenvalue weighted by atomic mass is 10.3. The van der Waals surface area contributed by atoms with Crippen molar-refractivity contribution in [1.82, 2.24) is 15.1 Å². The molecule has 0 spiro atoms. The van der Waals surface area contributed by atoms with Gasteiger partial charge in [0.2, 0.25) is 0 Å². The molecule has 1 heterocycles. The highest BCUT2D eigenvalue weighted by atomic mass is 32.2. The average molecular weight is 385 g/mol. The number of hydrogen-bond donors (Lipinski definition) is 3. The zero-order valence-electron chi connectivity index (χ0n) is 14.1. The van der Waals surface area contributed by atoms with Gasteiger partial charge in [-0.25, -0.2) is 8.89 Å². The van der Waals surface area contributed by atoms with Gasteiger partial charge in [0.1, 0.15) is 0 Å². The fourth-order valence-corrected chi connectivity index (χ4v) is 2.67. The van der Waals surface area contributed by atoms with Crippen LogP contribution in [0, 0.1) is 0 Å². The highest BCUT2D eigenvalue weighted by molar-refractivity contribution is 7.79. The lowest BCUT2D eigenvalue weighted by molar-refractivity contribution is 0.0958. The minimum atomic E-state index is -2.09. The molecule has 0 aliphatic carbocycles. The predicted molar refractivity (Wildman–Crippen MR) is 99.4 cm³/mol. The highest BCUT2D eigenvalue weighted by Crippen LogP contribution is 2.20. The number of benzene rings is 2. The van der Waals surface area contributed by atoms with Crippen LogP contribution >= 0.6 is 0 Å². The van der Waals surface area contributed by atoms with Crippen LogP contribution in [0.5, 0.6) is 0 Å². The summed E-state index contributed by atoms with van der Waals surface area (Å²) in [5.74, 6) is -0.512. The largest absolute Gasteiger partial charge is 0.354 e. The normalized spacial score (nSPS) is 12.2. The molecule has 27 heavy (non-hydrogen) atoms. The van der Waals surface area contributed by atoms with Crippen LogP contribution in [-0.4, -0.2) is 31.5 Å². The lowest BCUT2D eigenvalue weighted by Crippen LogP contribution is -2.18. The summed E-state index contributed by atoms with van der Waals surface area (Å²) in [5.41, 5.74) is 0.204. The summed E-state index contributed by atoms with van der Waals surface area (Å²) in [6.45, 7) is 0. The van der Waals surface area contributed by atoms with Gasteiger partial charge in [0.05, 0.1) is 16.3 Å². The van der Waals surface area contributed by atoms with E-state index in [1.807, 2.05) is 0 Å². The van der Waals surface area contributed by atoms with Crippen molar-refractivity contribution in [2.45, 2.75) is 4.90 Å². The second kappa shape index (κ2) is 7.89. The molecule has 0 aliphatic rings. The third kappa shape index (κ3) is 3.91. The summed E-state index contributed by atoms with van der Waals surface area (Å²) in [6, 6.07) is 14.5. The summed E-state index contributed by atoms with van der Waals surface area (Å²) < 4.78 is 21.2. The number of carbonyl (C=O) groups excluding carboxylic acids is 1. The van der Waals surface area contributed by atoms with E-state index in [1.54, 1.807) is 30.3 Å². The summed E-state index contributed by atoms with van der Waals surface area (Å²) >= 11 is -2.09. The second-order valence-electron chi connectivity index (χ2n) is 5.33. The number of aromatic amines is 1. The molecule has 0 radical (unpaired) electrons. The number of nitrogens with one attached hydrogen (secondary N) is 2. The summed E-state index contributed by atoms with van der Waals surface area (Å²) in [4.78, 5) is 25.0. The Hall–Kier alpha value is -3.37. The Morgan fingerprint density at radius 2 is 1.78 bits per heavy atom. The van der Waals surface area contributed by atoms with Gasteiger partial charge in [-0.15, -0.1) is 5.11 Å². The first-order chi connectivity index (χ1) is 13.0. The van der Waals surface area contributed by atoms with Crippen molar-refractivity contribution in [3.63, 3.8) is 0 Å². The zero-order valence-corrected chi connectivity index (χ0v) is 14.9. The van der Waals surface area contributed by atoms with Gasteiger partial charge in [0.25, 0.3) is 11.5 Å². The van der Waals surface area contributed by atoms with Crippen molar-refractivity contribution in [2.24, 2.45) is 10.2 Å². The summed E-state index contributed by atoms with van der Waals surface area (Å²) in [7, 11) is 1.44. The second-order valence-corrected chi connectivity index (χ2v) is 6.30. The number of aromatic nitrogens is 2. The van der Waals surface area contributed by atoms with Gasteiger partial charge in [-0.1, -0.05) is 18.2 Å². The smallest absolute Gasteiger partial charge is 0.299 e. The monoisotopic (exact) mass is 385 g/mol. The standard InChI is InChI=1S/C17H15N5O4S/c1-18-16(23)14-15(17(24)22(21-14)12-5-3-2-4-6-12)20-19-11-7-9-13(10-8-11)27(25)26/h2-10,21H,1H3,(H,18,23)(H,25,26). The molecule has 10 heteroatoms. The number of azo groups is 1. The van der Waals surface area contributed by atoms with Gasteiger partial charge in [0, 0.05) is 7.05 Å². The van der Waals surface area contributed by atoms with Crippen molar-refractivity contribution >= 4 is 28.4 Å². The molecule has 0 aliphatic heterocycles. The van der Waals surface area contributed by atoms with Crippen LogP contribution in [0.4, 0.5) is 11.4 Å². The minimum absolute atomic E-state index is 0.0248. The van der Waals surface area contributed by atoms with Crippen LogP contribution in [-0.2, 0) is 11.1 Å². The Bertz CT molecular complexity index is 1070. The minimum Gasteiger partial charge on any atom is -0.354 e. The Kier molecular flexibility index (Phi) is 5.38. The third-order valence-electron chi connectivity index (χ3n) is 3.64. The molecule has 0 fully saturated rings. The van der Waals surface area contributed by atoms with E-state index in [4.69, 9.17) is 4.55 Å². The molecule has 1 unspecified atom stereocenters. The number of H-pyrrole nitrogens is 1. The highest BCUT2D eigenvalue weighted by Gasteiger charge is 2.20. The first-order valence-electron chi connectivity index (χ1n) is 7.76. The van der Waals surface area contributed by atoms with Gasteiger partial charge in [-0.2, -0.15) is 5.11 Å². The summed E-state index contributed by atoms with van der Waals surface area (Å²) in [5, 5.41) is 13.1. The Labute approximate surface area is 156 Å². The molecule has 3 rings (SSSR count). The number of carbonyl (C=O) groups is 1. The van der Waals surface area contributed by atoms with Crippen LogP contribution in [0.2, 0.25) is 0 Å². The topological polar surface area (TPSA) is 129 Å². The van der Waals surface area contributed by atoms with E-state index in [0.717, 1.165) is 0 Å². The van der Waals surface area contributed by atoms with Gasteiger partial charge in [-0.05, 0) is 36.4 Å². The fraction of sp³-hybridized carbons (Fsp3) is 0.0588. The molecule has 0 saturated heterocycles. The van der Waals surface area contributed by atoms with E-state index < -0.39 is 22.5 Å². The Morgan fingerprint density at radius 1 is 1.11 bits per heavy atom. The molecule has 3 N–H and O–H groups in total. The molecule has 1 atom stereocenters. The fourth-order valence-electron chi connectivity index (χ4n) is 2.30. The molecule has 138 valence electrons. The van der Waals surface area contributed by atoms with E-state index in [2.05, 4.69) is 20.6 Å². The van der Waals surface area contributed by atoms with Crippen LogP contribution in [0.15, 0.2) is 74.5 Å².